The zero-order chi connectivity index (χ0) is 12.3. The fourth-order valence-corrected chi connectivity index (χ4v) is 1.87. The molecule has 0 aromatic carbocycles. The van der Waals surface area contributed by atoms with Gasteiger partial charge in [-0.25, -0.2) is 0 Å². The second-order valence-electron chi connectivity index (χ2n) is 3.90. The van der Waals surface area contributed by atoms with Crippen LogP contribution in [0.1, 0.15) is 13.3 Å². The van der Waals surface area contributed by atoms with Crippen molar-refractivity contribution in [3.05, 3.63) is 5.28 Å². The van der Waals surface area contributed by atoms with Crippen LogP contribution in [0.25, 0.3) is 0 Å². The first-order valence-corrected chi connectivity index (χ1v) is 6.05. The normalized spacial score (nSPS) is 15.5. The predicted octanol–water partition coefficient (Wildman–Crippen LogP) is 0.722. The quantitative estimate of drug-likeness (QED) is 0.839. The molecule has 0 atom stereocenters. The largest absolute Gasteiger partial charge is 0.467 e. The summed E-state index contributed by atoms with van der Waals surface area (Å²) in [6.45, 7) is 4.92. The lowest BCUT2D eigenvalue weighted by Gasteiger charge is -2.38. The number of rotatable bonds is 5. The molecule has 0 radical (unpaired) electrons. The lowest BCUT2D eigenvalue weighted by molar-refractivity contribution is 0.372. The summed E-state index contributed by atoms with van der Waals surface area (Å²) in [5, 5.41) is 3.40. The highest BCUT2D eigenvalue weighted by Crippen LogP contribution is 2.19. The number of nitrogens with zero attached hydrogens (tertiary/aromatic N) is 4. The second kappa shape index (κ2) is 5.46. The summed E-state index contributed by atoms with van der Waals surface area (Å²) in [4.78, 5) is 14.4. The van der Waals surface area contributed by atoms with Crippen molar-refractivity contribution >= 4 is 17.5 Å². The fourth-order valence-electron chi connectivity index (χ4n) is 1.72. The van der Waals surface area contributed by atoms with Gasteiger partial charge in [0.2, 0.25) is 11.2 Å². The van der Waals surface area contributed by atoms with Gasteiger partial charge in [-0.2, -0.15) is 15.0 Å². The van der Waals surface area contributed by atoms with Crippen LogP contribution in [0, 0.1) is 0 Å². The lowest BCUT2D eigenvalue weighted by Crippen LogP contribution is -2.58. The zero-order valence-corrected chi connectivity index (χ0v) is 10.7. The van der Waals surface area contributed by atoms with E-state index >= 15 is 0 Å². The van der Waals surface area contributed by atoms with Gasteiger partial charge in [0, 0.05) is 19.6 Å². The molecule has 1 fully saturated rings. The highest BCUT2D eigenvalue weighted by Gasteiger charge is 2.26. The van der Waals surface area contributed by atoms with Crippen molar-refractivity contribution in [3.8, 4) is 6.01 Å². The number of hydrogen-bond donors (Lipinski definition) is 1. The van der Waals surface area contributed by atoms with Crippen LogP contribution in [-0.2, 0) is 0 Å². The Kier molecular flexibility index (Phi) is 3.96. The predicted molar refractivity (Wildman–Crippen MR) is 65.7 cm³/mol. The molecule has 1 N–H and O–H groups in total. The van der Waals surface area contributed by atoms with E-state index < -0.39 is 0 Å². The van der Waals surface area contributed by atoms with Crippen molar-refractivity contribution in [3.63, 3.8) is 0 Å². The van der Waals surface area contributed by atoms with E-state index in [4.69, 9.17) is 16.3 Å². The Morgan fingerprint density at radius 1 is 1.41 bits per heavy atom. The van der Waals surface area contributed by atoms with Gasteiger partial charge in [0.25, 0.3) is 0 Å². The molecule has 0 unspecified atom stereocenters. The number of aromatic nitrogens is 3. The third-order valence-corrected chi connectivity index (χ3v) is 2.85. The molecule has 0 bridgehead atoms. The van der Waals surface area contributed by atoms with E-state index in [1.54, 1.807) is 0 Å². The molecule has 94 valence electrons. The Bertz CT molecular complexity index is 385. The molecule has 0 saturated carbocycles. The van der Waals surface area contributed by atoms with Crippen LogP contribution >= 0.6 is 11.6 Å². The first kappa shape index (κ1) is 12.3. The van der Waals surface area contributed by atoms with E-state index in [9.17, 15) is 0 Å². The Morgan fingerprint density at radius 3 is 2.71 bits per heavy atom. The Hall–Kier alpha value is -1.14. The molecule has 0 aliphatic carbocycles. The van der Waals surface area contributed by atoms with Gasteiger partial charge in [0.15, 0.2) is 0 Å². The van der Waals surface area contributed by atoms with Gasteiger partial charge in [-0.1, -0.05) is 6.92 Å². The number of anilines is 1. The van der Waals surface area contributed by atoms with E-state index in [2.05, 4.69) is 32.1 Å². The maximum absolute atomic E-state index is 5.85. The lowest BCUT2D eigenvalue weighted by atomic mass is 10.1. The minimum absolute atomic E-state index is 0.167. The number of halogens is 1. The standard InChI is InChI=1S/C10H16ClN5O/c1-3-4-16(7-5-12-6-7)9-13-8(11)14-10(15-9)17-2/h7,12H,3-6H2,1-2H3. The third kappa shape index (κ3) is 2.76. The number of ether oxygens (including phenoxy) is 1. The molecule has 1 aromatic rings. The van der Waals surface area contributed by atoms with Crippen LogP contribution in [0.4, 0.5) is 5.95 Å². The van der Waals surface area contributed by atoms with Crippen LogP contribution in [-0.4, -0.2) is 47.7 Å². The smallest absolute Gasteiger partial charge is 0.322 e. The van der Waals surface area contributed by atoms with Gasteiger partial charge in [0.05, 0.1) is 13.2 Å². The van der Waals surface area contributed by atoms with Crippen molar-refractivity contribution in [1.82, 2.24) is 20.3 Å². The maximum atomic E-state index is 5.85. The van der Waals surface area contributed by atoms with E-state index in [0.29, 0.717) is 12.0 Å². The minimum Gasteiger partial charge on any atom is -0.467 e. The fraction of sp³-hybridized carbons (Fsp3) is 0.700. The summed E-state index contributed by atoms with van der Waals surface area (Å²) in [6.07, 6.45) is 1.03. The van der Waals surface area contributed by atoms with Crippen LogP contribution in [0.2, 0.25) is 5.28 Å². The summed E-state index contributed by atoms with van der Waals surface area (Å²) in [5.74, 6) is 0.593. The molecular formula is C10H16ClN5O. The van der Waals surface area contributed by atoms with Crippen molar-refractivity contribution in [1.29, 1.82) is 0 Å². The molecule has 1 aliphatic rings. The highest BCUT2D eigenvalue weighted by molar-refractivity contribution is 6.28. The van der Waals surface area contributed by atoms with E-state index in [1.165, 1.54) is 7.11 Å². The van der Waals surface area contributed by atoms with Gasteiger partial charge in [-0.3, -0.25) is 0 Å². The van der Waals surface area contributed by atoms with Crippen molar-refractivity contribution in [2.24, 2.45) is 0 Å². The Balaban J connectivity index is 2.24. The van der Waals surface area contributed by atoms with Gasteiger partial charge in [-0.15, -0.1) is 0 Å². The molecule has 7 heteroatoms. The summed E-state index contributed by atoms with van der Waals surface area (Å²) in [7, 11) is 1.52. The van der Waals surface area contributed by atoms with Gasteiger partial charge >= 0.3 is 6.01 Å². The molecule has 0 spiro atoms. The molecule has 0 amide bonds. The van der Waals surface area contributed by atoms with Crippen LogP contribution in [0.5, 0.6) is 6.01 Å². The minimum atomic E-state index is 0.167. The average Bonchev–Trinajstić information content (AvgIpc) is 2.25. The number of hydrogen-bond acceptors (Lipinski definition) is 6. The SMILES string of the molecule is CCCN(c1nc(Cl)nc(OC)n1)C1CNC1. The molecular weight excluding hydrogens is 242 g/mol. The molecule has 1 aromatic heterocycles. The van der Waals surface area contributed by atoms with Gasteiger partial charge in [-0.05, 0) is 18.0 Å². The van der Waals surface area contributed by atoms with Crippen LogP contribution < -0.4 is 15.0 Å². The van der Waals surface area contributed by atoms with Gasteiger partial charge in [0.1, 0.15) is 0 Å². The summed E-state index contributed by atoms with van der Waals surface area (Å²) in [5.41, 5.74) is 0. The topological polar surface area (TPSA) is 63.2 Å². The van der Waals surface area contributed by atoms with Crippen LogP contribution in [0.15, 0.2) is 0 Å². The maximum Gasteiger partial charge on any atom is 0.322 e. The monoisotopic (exact) mass is 257 g/mol. The Labute approximate surface area is 105 Å². The number of methoxy groups -OCH3 is 1. The highest BCUT2D eigenvalue weighted by atomic mass is 35.5. The van der Waals surface area contributed by atoms with E-state index in [-0.39, 0.29) is 11.3 Å². The molecule has 2 heterocycles. The average molecular weight is 258 g/mol. The molecule has 1 aliphatic heterocycles. The van der Waals surface area contributed by atoms with Crippen molar-refractivity contribution in [2.75, 3.05) is 31.6 Å². The first-order chi connectivity index (χ1) is 8.24. The second-order valence-corrected chi connectivity index (χ2v) is 4.23. The van der Waals surface area contributed by atoms with E-state index in [0.717, 1.165) is 26.1 Å². The summed E-state index contributed by atoms with van der Waals surface area (Å²) >= 11 is 5.85. The Morgan fingerprint density at radius 2 is 2.18 bits per heavy atom. The molecule has 2 rings (SSSR count). The van der Waals surface area contributed by atoms with Gasteiger partial charge < -0.3 is 15.0 Å². The molecule has 6 nitrogen and oxygen atoms in total. The van der Waals surface area contributed by atoms with E-state index in [1.807, 2.05) is 0 Å². The first-order valence-electron chi connectivity index (χ1n) is 5.67. The number of nitrogens with one attached hydrogen (secondary N) is 1. The van der Waals surface area contributed by atoms with Crippen molar-refractivity contribution < 1.29 is 4.74 Å². The zero-order valence-electron chi connectivity index (χ0n) is 9.98. The summed E-state index contributed by atoms with van der Waals surface area (Å²) in [6, 6.07) is 0.687. The molecule has 1 saturated heterocycles. The van der Waals surface area contributed by atoms with Crippen molar-refractivity contribution in [2.45, 2.75) is 19.4 Å². The van der Waals surface area contributed by atoms with Crippen LogP contribution in [0.3, 0.4) is 0 Å². The molecule has 17 heavy (non-hydrogen) atoms. The third-order valence-electron chi connectivity index (χ3n) is 2.68. The summed E-state index contributed by atoms with van der Waals surface area (Å²) < 4.78 is 5.01.